The van der Waals surface area contributed by atoms with Crippen LogP contribution in [0, 0.1) is 0 Å². The quantitative estimate of drug-likeness (QED) is 0.724. The van der Waals surface area contributed by atoms with Crippen LogP contribution >= 0.6 is 15.9 Å². The molecule has 3 nitrogen and oxygen atoms in total. The van der Waals surface area contributed by atoms with Crippen LogP contribution in [-0.2, 0) is 12.7 Å². The molecule has 1 amide bonds. The van der Waals surface area contributed by atoms with Crippen molar-refractivity contribution in [1.82, 2.24) is 9.80 Å². The van der Waals surface area contributed by atoms with Crippen molar-refractivity contribution in [3.8, 4) is 0 Å². The van der Waals surface area contributed by atoms with Crippen LogP contribution in [0.3, 0.4) is 0 Å². The minimum atomic E-state index is -4.33. The molecule has 7 heteroatoms. The SMILES string of the molecule is O=C(c1ccc(Br)cc1)N1CCN(Cc2cccc(C(F)(F)F)c2)CC1. The maximum Gasteiger partial charge on any atom is 0.416 e. The zero-order valence-corrected chi connectivity index (χ0v) is 15.6. The van der Waals surface area contributed by atoms with Gasteiger partial charge in [-0.2, -0.15) is 13.2 Å². The van der Waals surface area contributed by atoms with Gasteiger partial charge in [0.25, 0.3) is 5.91 Å². The first-order chi connectivity index (χ1) is 12.3. The Morgan fingerprint density at radius 2 is 1.65 bits per heavy atom. The minimum Gasteiger partial charge on any atom is -0.336 e. The Bertz CT molecular complexity index is 769. The second-order valence-corrected chi connectivity index (χ2v) is 7.19. The monoisotopic (exact) mass is 426 g/mol. The summed E-state index contributed by atoms with van der Waals surface area (Å²) in [7, 11) is 0. The standard InChI is InChI=1S/C19H18BrF3N2O/c20-17-6-4-15(5-7-17)18(26)25-10-8-24(9-11-25)13-14-2-1-3-16(12-14)19(21,22)23/h1-7,12H,8-11,13H2. The maximum absolute atomic E-state index is 12.8. The van der Waals surface area contributed by atoms with Crippen LogP contribution in [0.5, 0.6) is 0 Å². The Hall–Kier alpha value is -1.86. The molecule has 1 heterocycles. The summed E-state index contributed by atoms with van der Waals surface area (Å²) in [6.07, 6.45) is -4.33. The van der Waals surface area contributed by atoms with Gasteiger partial charge < -0.3 is 4.90 Å². The summed E-state index contributed by atoms with van der Waals surface area (Å²) in [5.74, 6) is -0.0174. The van der Waals surface area contributed by atoms with Gasteiger partial charge in [0, 0.05) is 42.8 Å². The number of piperazine rings is 1. The van der Waals surface area contributed by atoms with Crippen LogP contribution in [0.15, 0.2) is 53.0 Å². The van der Waals surface area contributed by atoms with Gasteiger partial charge in [0.15, 0.2) is 0 Å². The highest BCUT2D eigenvalue weighted by molar-refractivity contribution is 9.10. The maximum atomic E-state index is 12.8. The normalized spacial score (nSPS) is 15.9. The van der Waals surface area contributed by atoms with Crippen molar-refractivity contribution in [2.75, 3.05) is 26.2 Å². The van der Waals surface area contributed by atoms with Gasteiger partial charge in [-0.1, -0.05) is 34.1 Å². The molecule has 26 heavy (non-hydrogen) atoms. The lowest BCUT2D eigenvalue weighted by molar-refractivity contribution is -0.137. The zero-order valence-electron chi connectivity index (χ0n) is 14.0. The molecule has 0 unspecified atom stereocenters. The first-order valence-corrected chi connectivity index (χ1v) is 9.05. The lowest BCUT2D eigenvalue weighted by atomic mass is 10.1. The lowest BCUT2D eigenvalue weighted by Crippen LogP contribution is -2.48. The molecule has 1 fully saturated rings. The average molecular weight is 427 g/mol. The van der Waals surface area contributed by atoms with Gasteiger partial charge in [-0.25, -0.2) is 0 Å². The molecular formula is C19H18BrF3N2O. The van der Waals surface area contributed by atoms with E-state index in [1.807, 2.05) is 12.1 Å². The van der Waals surface area contributed by atoms with E-state index in [4.69, 9.17) is 0 Å². The molecule has 0 spiro atoms. The highest BCUT2D eigenvalue weighted by atomic mass is 79.9. The van der Waals surface area contributed by atoms with Crippen molar-refractivity contribution < 1.29 is 18.0 Å². The highest BCUT2D eigenvalue weighted by Gasteiger charge is 2.30. The molecule has 3 rings (SSSR count). The second-order valence-electron chi connectivity index (χ2n) is 6.27. The Morgan fingerprint density at radius 1 is 1.00 bits per heavy atom. The molecule has 1 aliphatic rings. The van der Waals surface area contributed by atoms with Gasteiger partial charge in [0.2, 0.25) is 0 Å². The summed E-state index contributed by atoms with van der Waals surface area (Å²) in [6, 6.07) is 12.6. The zero-order chi connectivity index (χ0) is 18.7. The first-order valence-electron chi connectivity index (χ1n) is 8.26. The molecule has 1 saturated heterocycles. The predicted molar refractivity (Wildman–Crippen MR) is 96.8 cm³/mol. The van der Waals surface area contributed by atoms with E-state index < -0.39 is 11.7 Å². The number of benzene rings is 2. The summed E-state index contributed by atoms with van der Waals surface area (Å²) in [5.41, 5.74) is 0.645. The first kappa shape index (κ1) is 18.9. The number of hydrogen-bond acceptors (Lipinski definition) is 2. The molecule has 0 atom stereocenters. The molecular weight excluding hydrogens is 409 g/mol. The van der Waals surface area contributed by atoms with E-state index in [0.717, 1.165) is 10.5 Å². The van der Waals surface area contributed by atoms with Crippen molar-refractivity contribution in [1.29, 1.82) is 0 Å². The van der Waals surface area contributed by atoms with Gasteiger partial charge in [-0.15, -0.1) is 0 Å². The summed E-state index contributed by atoms with van der Waals surface area (Å²) in [4.78, 5) is 16.4. The second kappa shape index (κ2) is 7.80. The van der Waals surface area contributed by atoms with E-state index >= 15 is 0 Å². The van der Waals surface area contributed by atoms with Crippen LogP contribution < -0.4 is 0 Å². The lowest BCUT2D eigenvalue weighted by Gasteiger charge is -2.35. The van der Waals surface area contributed by atoms with Gasteiger partial charge in [0.05, 0.1) is 5.56 Å². The number of alkyl halides is 3. The fraction of sp³-hybridized carbons (Fsp3) is 0.316. The Labute approximate surface area is 158 Å². The van der Waals surface area contributed by atoms with E-state index in [9.17, 15) is 18.0 Å². The fourth-order valence-electron chi connectivity index (χ4n) is 2.99. The number of halogens is 4. The van der Waals surface area contributed by atoms with Crippen molar-refractivity contribution in [2.24, 2.45) is 0 Å². The molecule has 138 valence electrons. The average Bonchev–Trinajstić information content (AvgIpc) is 2.62. The Kier molecular flexibility index (Phi) is 5.67. The van der Waals surface area contributed by atoms with Crippen LogP contribution in [0.4, 0.5) is 13.2 Å². The van der Waals surface area contributed by atoms with E-state index in [1.54, 1.807) is 23.1 Å². The number of nitrogens with zero attached hydrogens (tertiary/aromatic N) is 2. The van der Waals surface area contributed by atoms with Crippen LogP contribution in [-0.4, -0.2) is 41.9 Å². The van der Waals surface area contributed by atoms with E-state index in [1.165, 1.54) is 12.1 Å². The minimum absolute atomic E-state index is 0.0174. The number of carbonyl (C=O) groups is 1. The molecule has 2 aromatic carbocycles. The Balaban J connectivity index is 1.57. The molecule has 0 radical (unpaired) electrons. The van der Waals surface area contributed by atoms with Gasteiger partial charge in [0.1, 0.15) is 0 Å². The third-order valence-corrected chi connectivity index (χ3v) is 4.94. The fourth-order valence-corrected chi connectivity index (χ4v) is 3.25. The summed E-state index contributed by atoms with van der Waals surface area (Å²) in [5, 5.41) is 0. The number of amides is 1. The van der Waals surface area contributed by atoms with Gasteiger partial charge >= 0.3 is 6.18 Å². The largest absolute Gasteiger partial charge is 0.416 e. The predicted octanol–water partition coefficient (Wildman–Crippen LogP) is 4.43. The van der Waals surface area contributed by atoms with Crippen molar-refractivity contribution in [3.63, 3.8) is 0 Å². The number of hydrogen-bond donors (Lipinski definition) is 0. The van der Waals surface area contributed by atoms with Crippen molar-refractivity contribution in [2.45, 2.75) is 12.7 Å². The molecule has 0 aromatic heterocycles. The third kappa shape index (κ3) is 4.65. The van der Waals surface area contributed by atoms with E-state index in [2.05, 4.69) is 20.8 Å². The molecule has 2 aromatic rings. The van der Waals surface area contributed by atoms with E-state index in [-0.39, 0.29) is 5.91 Å². The van der Waals surface area contributed by atoms with Crippen LogP contribution in [0.2, 0.25) is 0 Å². The van der Waals surface area contributed by atoms with Gasteiger partial charge in [-0.3, -0.25) is 9.69 Å². The van der Waals surface area contributed by atoms with E-state index in [0.29, 0.717) is 43.9 Å². The van der Waals surface area contributed by atoms with Gasteiger partial charge in [-0.05, 0) is 35.9 Å². The summed E-state index contributed by atoms with van der Waals surface area (Å²) in [6.45, 7) is 2.85. The number of rotatable bonds is 3. The number of carbonyl (C=O) groups excluding carboxylic acids is 1. The summed E-state index contributed by atoms with van der Waals surface area (Å²) >= 11 is 3.35. The van der Waals surface area contributed by atoms with Crippen molar-refractivity contribution in [3.05, 3.63) is 69.7 Å². The molecule has 0 bridgehead atoms. The molecule has 0 saturated carbocycles. The van der Waals surface area contributed by atoms with Crippen LogP contribution in [0.25, 0.3) is 0 Å². The Morgan fingerprint density at radius 3 is 2.27 bits per heavy atom. The molecule has 0 N–H and O–H groups in total. The van der Waals surface area contributed by atoms with Crippen LogP contribution in [0.1, 0.15) is 21.5 Å². The smallest absolute Gasteiger partial charge is 0.336 e. The van der Waals surface area contributed by atoms with Crippen molar-refractivity contribution >= 4 is 21.8 Å². The molecule has 1 aliphatic heterocycles. The topological polar surface area (TPSA) is 23.6 Å². The highest BCUT2D eigenvalue weighted by Crippen LogP contribution is 2.29. The third-order valence-electron chi connectivity index (χ3n) is 4.41. The molecule has 0 aliphatic carbocycles. The summed E-state index contributed by atoms with van der Waals surface area (Å²) < 4.78 is 39.4.